The molecule has 0 saturated heterocycles. The molecule has 0 aromatic heterocycles. The minimum atomic E-state index is 0.254. The first-order chi connectivity index (χ1) is 10.9. The second kappa shape index (κ2) is 9.63. The molecule has 1 N–H and O–H groups in total. The summed E-state index contributed by atoms with van der Waals surface area (Å²) in [5.74, 6) is 0.279. The summed E-state index contributed by atoms with van der Waals surface area (Å²) in [5, 5.41) is 12.4. The average Bonchev–Trinajstić information content (AvgIpc) is 2.57. The lowest BCUT2D eigenvalue weighted by Crippen LogP contribution is -2.05. The zero-order valence-electron chi connectivity index (χ0n) is 13.9. The third kappa shape index (κ3) is 4.84. The highest BCUT2D eigenvalue weighted by Crippen LogP contribution is 2.29. The predicted octanol–water partition coefficient (Wildman–Crippen LogP) is 6.06. The van der Waals surface area contributed by atoms with Crippen LogP contribution in [0.15, 0.2) is 42.5 Å². The molecule has 120 valence electrons. The summed E-state index contributed by atoms with van der Waals surface area (Å²) in [7, 11) is 0. The zero-order chi connectivity index (χ0) is 15.6. The fourth-order valence-electron chi connectivity index (χ4n) is 3.30. The average molecular weight is 298 g/mol. The van der Waals surface area contributed by atoms with Crippen LogP contribution in [0.2, 0.25) is 0 Å². The van der Waals surface area contributed by atoms with Crippen molar-refractivity contribution in [3.8, 4) is 0 Å². The van der Waals surface area contributed by atoms with E-state index in [1.54, 1.807) is 0 Å². The second-order valence-corrected chi connectivity index (χ2v) is 6.36. The van der Waals surface area contributed by atoms with E-state index < -0.39 is 0 Å². The third-order valence-electron chi connectivity index (χ3n) is 4.64. The minimum Gasteiger partial charge on any atom is -0.396 e. The van der Waals surface area contributed by atoms with Crippen molar-refractivity contribution in [1.82, 2.24) is 0 Å². The molecule has 2 aromatic carbocycles. The van der Waals surface area contributed by atoms with Crippen LogP contribution in [-0.2, 0) is 0 Å². The van der Waals surface area contributed by atoms with Gasteiger partial charge >= 0.3 is 0 Å². The van der Waals surface area contributed by atoms with Crippen LogP contribution in [0.25, 0.3) is 10.8 Å². The van der Waals surface area contributed by atoms with E-state index >= 15 is 0 Å². The molecule has 1 unspecified atom stereocenters. The van der Waals surface area contributed by atoms with Crippen LogP contribution < -0.4 is 0 Å². The smallest absolute Gasteiger partial charge is 0.0499 e. The molecular weight excluding hydrogens is 268 g/mol. The van der Waals surface area contributed by atoms with Gasteiger partial charge < -0.3 is 5.11 Å². The fourth-order valence-corrected chi connectivity index (χ4v) is 3.30. The van der Waals surface area contributed by atoms with Crippen molar-refractivity contribution in [2.75, 3.05) is 6.61 Å². The summed E-state index contributed by atoms with van der Waals surface area (Å²) in [6, 6.07) is 15.0. The lowest BCUT2D eigenvalue weighted by Gasteiger charge is -2.17. The number of hydrogen-bond donors (Lipinski definition) is 1. The first kappa shape index (κ1) is 17.0. The van der Waals surface area contributed by atoms with Crippen molar-refractivity contribution in [2.24, 2.45) is 0 Å². The maximum atomic E-state index is 9.81. The monoisotopic (exact) mass is 298 g/mol. The molecule has 0 amide bonds. The van der Waals surface area contributed by atoms with Gasteiger partial charge in [0, 0.05) is 12.5 Å². The van der Waals surface area contributed by atoms with Crippen LogP contribution in [0.5, 0.6) is 0 Å². The first-order valence-corrected chi connectivity index (χ1v) is 8.95. The first-order valence-electron chi connectivity index (χ1n) is 8.95. The Morgan fingerprint density at radius 3 is 2.27 bits per heavy atom. The van der Waals surface area contributed by atoms with Crippen LogP contribution in [0.3, 0.4) is 0 Å². The van der Waals surface area contributed by atoms with Crippen molar-refractivity contribution >= 4 is 10.8 Å². The molecular formula is C21H30O. The van der Waals surface area contributed by atoms with Crippen LogP contribution in [-0.4, -0.2) is 11.7 Å². The Hall–Kier alpha value is -1.34. The Morgan fingerprint density at radius 1 is 0.818 bits per heavy atom. The van der Waals surface area contributed by atoms with Gasteiger partial charge in [0.05, 0.1) is 0 Å². The van der Waals surface area contributed by atoms with Gasteiger partial charge in [0.2, 0.25) is 0 Å². The molecule has 2 rings (SSSR count). The molecule has 1 heteroatoms. The number of rotatable bonds is 10. The van der Waals surface area contributed by atoms with Gasteiger partial charge in [-0.15, -0.1) is 0 Å². The molecule has 1 nitrogen and oxygen atoms in total. The van der Waals surface area contributed by atoms with E-state index in [4.69, 9.17) is 0 Å². The lowest BCUT2D eigenvalue weighted by atomic mass is 9.90. The zero-order valence-corrected chi connectivity index (χ0v) is 13.9. The van der Waals surface area contributed by atoms with E-state index in [9.17, 15) is 5.11 Å². The van der Waals surface area contributed by atoms with E-state index in [2.05, 4.69) is 49.4 Å². The van der Waals surface area contributed by atoms with Gasteiger partial charge in [-0.25, -0.2) is 0 Å². The summed E-state index contributed by atoms with van der Waals surface area (Å²) in [6.07, 6.45) is 10.4. The summed E-state index contributed by atoms with van der Waals surface area (Å²) in [4.78, 5) is 0. The van der Waals surface area contributed by atoms with E-state index in [0.717, 1.165) is 6.42 Å². The van der Waals surface area contributed by atoms with Gasteiger partial charge in [-0.1, -0.05) is 94.3 Å². The number of aliphatic hydroxyl groups is 1. The number of unbranched alkanes of at least 4 members (excludes halogenated alkanes) is 6. The van der Waals surface area contributed by atoms with E-state index in [1.807, 2.05) is 0 Å². The Kier molecular flexibility index (Phi) is 7.45. The van der Waals surface area contributed by atoms with Gasteiger partial charge in [-0.05, 0) is 22.8 Å². The molecule has 0 heterocycles. The summed E-state index contributed by atoms with van der Waals surface area (Å²) in [5.41, 5.74) is 1.31. The number of fused-ring (bicyclic) bond motifs is 1. The highest BCUT2D eigenvalue weighted by Gasteiger charge is 2.12. The molecule has 2 aromatic rings. The Labute approximate surface area is 135 Å². The minimum absolute atomic E-state index is 0.254. The van der Waals surface area contributed by atoms with Crippen LogP contribution in [0, 0.1) is 0 Å². The topological polar surface area (TPSA) is 20.2 Å². The van der Waals surface area contributed by atoms with Crippen molar-refractivity contribution in [3.05, 3.63) is 48.0 Å². The van der Waals surface area contributed by atoms with E-state index in [1.165, 1.54) is 61.3 Å². The van der Waals surface area contributed by atoms with Crippen LogP contribution in [0.4, 0.5) is 0 Å². The molecule has 0 radical (unpaired) electrons. The van der Waals surface area contributed by atoms with Crippen molar-refractivity contribution in [3.63, 3.8) is 0 Å². The second-order valence-electron chi connectivity index (χ2n) is 6.36. The molecule has 22 heavy (non-hydrogen) atoms. The third-order valence-corrected chi connectivity index (χ3v) is 4.64. The highest BCUT2D eigenvalue weighted by molar-refractivity contribution is 5.86. The number of hydrogen-bond acceptors (Lipinski definition) is 1. The lowest BCUT2D eigenvalue weighted by molar-refractivity contribution is 0.257. The quantitative estimate of drug-likeness (QED) is 0.529. The molecule has 0 aliphatic heterocycles. The Bertz CT molecular complexity index is 541. The van der Waals surface area contributed by atoms with E-state index in [0.29, 0.717) is 0 Å². The largest absolute Gasteiger partial charge is 0.396 e. The van der Waals surface area contributed by atoms with Crippen molar-refractivity contribution in [2.45, 2.75) is 64.2 Å². The number of benzene rings is 2. The maximum absolute atomic E-state index is 9.81. The van der Waals surface area contributed by atoms with Gasteiger partial charge in [-0.2, -0.15) is 0 Å². The SMILES string of the molecule is CCCCCCCCCC(CO)c1cccc2ccccc12. The van der Waals surface area contributed by atoms with Gasteiger partial charge in [0.25, 0.3) is 0 Å². The number of aliphatic hydroxyl groups excluding tert-OH is 1. The van der Waals surface area contributed by atoms with E-state index in [-0.39, 0.29) is 12.5 Å². The van der Waals surface area contributed by atoms with Crippen molar-refractivity contribution in [1.29, 1.82) is 0 Å². The fraction of sp³-hybridized carbons (Fsp3) is 0.524. The highest BCUT2D eigenvalue weighted by atomic mass is 16.3. The summed E-state index contributed by atoms with van der Waals surface area (Å²) >= 11 is 0. The van der Waals surface area contributed by atoms with Gasteiger partial charge in [0.1, 0.15) is 0 Å². The molecule has 0 spiro atoms. The molecule has 0 aliphatic rings. The maximum Gasteiger partial charge on any atom is 0.0499 e. The van der Waals surface area contributed by atoms with Crippen LogP contribution >= 0.6 is 0 Å². The Balaban J connectivity index is 1.88. The predicted molar refractivity (Wildman–Crippen MR) is 96.4 cm³/mol. The molecule has 0 fully saturated rings. The Morgan fingerprint density at radius 2 is 1.50 bits per heavy atom. The molecule has 0 saturated carbocycles. The van der Waals surface area contributed by atoms with Gasteiger partial charge in [-0.3, -0.25) is 0 Å². The van der Waals surface area contributed by atoms with Crippen LogP contribution in [0.1, 0.15) is 69.8 Å². The molecule has 0 bridgehead atoms. The van der Waals surface area contributed by atoms with Crippen molar-refractivity contribution < 1.29 is 5.11 Å². The molecule has 1 atom stereocenters. The normalized spacial score (nSPS) is 12.6. The summed E-state index contributed by atoms with van der Waals surface area (Å²) < 4.78 is 0. The van der Waals surface area contributed by atoms with Gasteiger partial charge in [0.15, 0.2) is 0 Å². The summed E-state index contributed by atoms with van der Waals surface area (Å²) in [6.45, 7) is 2.51. The molecule has 0 aliphatic carbocycles. The standard InChI is InChI=1S/C21H30O/c1-2-3-4-5-6-7-8-13-19(17-22)21-16-11-14-18-12-9-10-15-20(18)21/h9-12,14-16,19,22H,2-8,13,17H2,1H3.